The molecule has 0 unspecified atom stereocenters. The summed E-state index contributed by atoms with van der Waals surface area (Å²) in [5.41, 5.74) is 1.34. The summed E-state index contributed by atoms with van der Waals surface area (Å²) in [6, 6.07) is 0. The first kappa shape index (κ1) is 13.6. The highest BCUT2D eigenvalue weighted by molar-refractivity contribution is 4.98. The first-order chi connectivity index (χ1) is 8.83. The maximum Gasteiger partial charge on any atom is 0.0948 e. The van der Waals surface area contributed by atoms with Gasteiger partial charge in [0, 0.05) is 25.8 Å². The molecule has 0 radical (unpaired) electrons. The Morgan fingerprint density at radius 3 is 2.83 bits per heavy atom. The summed E-state index contributed by atoms with van der Waals surface area (Å²) in [6.45, 7) is 11.2. The second-order valence-electron chi connectivity index (χ2n) is 5.19. The van der Waals surface area contributed by atoms with Crippen LogP contribution in [0.3, 0.4) is 0 Å². The quantitative estimate of drug-likeness (QED) is 0.834. The lowest BCUT2D eigenvalue weighted by Crippen LogP contribution is -2.36. The van der Waals surface area contributed by atoms with Gasteiger partial charge in [0.15, 0.2) is 0 Å². The van der Waals surface area contributed by atoms with E-state index in [0.29, 0.717) is 0 Å². The van der Waals surface area contributed by atoms with Crippen LogP contribution in [-0.4, -0.2) is 40.6 Å². The van der Waals surface area contributed by atoms with E-state index in [2.05, 4.69) is 33.6 Å². The summed E-state index contributed by atoms with van der Waals surface area (Å²) in [6.07, 6.45) is 6.59. The van der Waals surface area contributed by atoms with Crippen molar-refractivity contribution in [1.29, 1.82) is 0 Å². The van der Waals surface area contributed by atoms with Gasteiger partial charge in [-0.25, -0.2) is 4.98 Å². The van der Waals surface area contributed by atoms with Crippen molar-refractivity contribution in [1.82, 2.24) is 19.8 Å². The molecule has 0 bridgehead atoms. The molecule has 1 fully saturated rings. The first-order valence-corrected chi connectivity index (χ1v) is 7.25. The van der Waals surface area contributed by atoms with Crippen molar-refractivity contribution in [2.45, 2.75) is 39.8 Å². The number of aryl methyl sites for hydroxylation is 1. The monoisotopic (exact) mass is 250 g/mol. The van der Waals surface area contributed by atoms with E-state index in [1.165, 1.54) is 38.2 Å². The molecular weight excluding hydrogens is 224 g/mol. The van der Waals surface area contributed by atoms with E-state index in [1.54, 1.807) is 0 Å². The zero-order valence-electron chi connectivity index (χ0n) is 11.7. The number of piperidine rings is 1. The van der Waals surface area contributed by atoms with Gasteiger partial charge in [0.25, 0.3) is 0 Å². The highest BCUT2D eigenvalue weighted by Gasteiger charge is 2.17. The molecule has 0 saturated carbocycles. The Balaban J connectivity index is 1.88. The second kappa shape index (κ2) is 6.90. The van der Waals surface area contributed by atoms with Crippen molar-refractivity contribution in [3.8, 4) is 0 Å². The van der Waals surface area contributed by atoms with Crippen LogP contribution in [0.25, 0.3) is 0 Å². The zero-order chi connectivity index (χ0) is 12.8. The molecule has 0 aromatic carbocycles. The van der Waals surface area contributed by atoms with Gasteiger partial charge in [-0.1, -0.05) is 6.92 Å². The van der Waals surface area contributed by atoms with Crippen LogP contribution >= 0.6 is 0 Å². The number of rotatable bonds is 6. The zero-order valence-corrected chi connectivity index (χ0v) is 11.7. The Hall–Kier alpha value is -0.870. The number of imidazole rings is 1. The van der Waals surface area contributed by atoms with Gasteiger partial charge in [0.2, 0.25) is 0 Å². The molecule has 4 heteroatoms. The molecule has 1 N–H and O–H groups in total. The number of aromatic nitrogens is 2. The van der Waals surface area contributed by atoms with Gasteiger partial charge in [-0.05, 0) is 45.3 Å². The van der Waals surface area contributed by atoms with Crippen molar-refractivity contribution in [2.24, 2.45) is 5.92 Å². The lowest BCUT2D eigenvalue weighted by Gasteiger charge is -2.29. The summed E-state index contributed by atoms with van der Waals surface area (Å²) in [7, 11) is 0. The minimum absolute atomic E-state index is 0.865. The van der Waals surface area contributed by atoms with Crippen molar-refractivity contribution in [3.63, 3.8) is 0 Å². The molecule has 18 heavy (non-hydrogen) atoms. The molecular formula is C14H26N4. The predicted octanol–water partition coefficient (Wildman–Crippen LogP) is 1.72. The largest absolute Gasteiger partial charge is 0.334 e. The minimum atomic E-state index is 0.865. The molecule has 0 atom stereocenters. The third-order valence-corrected chi connectivity index (χ3v) is 3.95. The Morgan fingerprint density at radius 1 is 1.39 bits per heavy atom. The predicted molar refractivity (Wildman–Crippen MR) is 74.4 cm³/mol. The standard InChI is InChI=1S/C14H26N4/c1-3-17(10-13-5-7-15-8-6-13)11-14-9-16-12-18(14)4-2/h9,12-13,15H,3-8,10-11H2,1-2H3. The van der Waals surface area contributed by atoms with E-state index >= 15 is 0 Å². The molecule has 1 aromatic rings. The maximum atomic E-state index is 4.25. The average Bonchev–Trinajstić information content (AvgIpc) is 2.86. The normalized spacial score (nSPS) is 17.5. The SMILES string of the molecule is CCN(Cc1cncn1CC)CC1CCNCC1. The van der Waals surface area contributed by atoms with Crippen molar-refractivity contribution < 1.29 is 0 Å². The number of hydrogen-bond acceptors (Lipinski definition) is 3. The maximum absolute atomic E-state index is 4.25. The molecule has 0 amide bonds. The number of nitrogens with zero attached hydrogens (tertiary/aromatic N) is 3. The fraction of sp³-hybridized carbons (Fsp3) is 0.786. The van der Waals surface area contributed by atoms with Gasteiger partial charge in [-0.2, -0.15) is 0 Å². The van der Waals surface area contributed by atoms with Crippen LogP contribution < -0.4 is 5.32 Å². The third kappa shape index (κ3) is 3.56. The highest BCUT2D eigenvalue weighted by Crippen LogP contribution is 2.15. The Kier molecular flexibility index (Phi) is 5.20. The molecule has 1 aromatic heterocycles. The summed E-state index contributed by atoms with van der Waals surface area (Å²) < 4.78 is 2.24. The molecule has 2 rings (SSSR count). The van der Waals surface area contributed by atoms with Gasteiger partial charge in [0.05, 0.1) is 12.0 Å². The van der Waals surface area contributed by atoms with E-state index in [0.717, 1.165) is 25.6 Å². The van der Waals surface area contributed by atoms with E-state index < -0.39 is 0 Å². The van der Waals surface area contributed by atoms with E-state index in [9.17, 15) is 0 Å². The minimum Gasteiger partial charge on any atom is -0.334 e. The second-order valence-corrected chi connectivity index (χ2v) is 5.19. The van der Waals surface area contributed by atoms with E-state index in [1.807, 2.05) is 12.5 Å². The Bertz CT molecular complexity index is 341. The van der Waals surface area contributed by atoms with Gasteiger partial charge >= 0.3 is 0 Å². The summed E-state index contributed by atoms with van der Waals surface area (Å²) in [5, 5.41) is 3.44. The van der Waals surface area contributed by atoms with Gasteiger partial charge in [-0.3, -0.25) is 4.90 Å². The highest BCUT2D eigenvalue weighted by atomic mass is 15.2. The summed E-state index contributed by atoms with van der Waals surface area (Å²) in [5.74, 6) is 0.865. The molecule has 0 spiro atoms. The van der Waals surface area contributed by atoms with Crippen LogP contribution in [0.2, 0.25) is 0 Å². The van der Waals surface area contributed by atoms with Crippen LogP contribution in [0.15, 0.2) is 12.5 Å². The van der Waals surface area contributed by atoms with Crippen molar-refractivity contribution >= 4 is 0 Å². The Morgan fingerprint density at radius 2 is 2.17 bits per heavy atom. The van der Waals surface area contributed by atoms with Crippen molar-refractivity contribution in [2.75, 3.05) is 26.2 Å². The van der Waals surface area contributed by atoms with Crippen LogP contribution in [0.5, 0.6) is 0 Å². The summed E-state index contributed by atoms with van der Waals surface area (Å²) >= 11 is 0. The topological polar surface area (TPSA) is 33.1 Å². The summed E-state index contributed by atoms with van der Waals surface area (Å²) in [4.78, 5) is 6.81. The smallest absolute Gasteiger partial charge is 0.0948 e. The van der Waals surface area contributed by atoms with Crippen LogP contribution in [0.1, 0.15) is 32.4 Å². The molecule has 1 aliphatic rings. The van der Waals surface area contributed by atoms with Crippen LogP contribution in [0, 0.1) is 5.92 Å². The van der Waals surface area contributed by atoms with E-state index in [-0.39, 0.29) is 0 Å². The van der Waals surface area contributed by atoms with Crippen LogP contribution in [-0.2, 0) is 13.1 Å². The molecule has 1 aliphatic heterocycles. The number of hydrogen-bond donors (Lipinski definition) is 1. The fourth-order valence-corrected chi connectivity index (χ4v) is 2.73. The average molecular weight is 250 g/mol. The molecule has 4 nitrogen and oxygen atoms in total. The Labute approximate surface area is 110 Å². The number of nitrogens with one attached hydrogen (secondary N) is 1. The van der Waals surface area contributed by atoms with Gasteiger partial charge in [0.1, 0.15) is 0 Å². The molecule has 102 valence electrons. The third-order valence-electron chi connectivity index (χ3n) is 3.95. The molecule has 0 aliphatic carbocycles. The lowest BCUT2D eigenvalue weighted by molar-refractivity contribution is 0.203. The van der Waals surface area contributed by atoms with Gasteiger partial charge < -0.3 is 9.88 Å². The first-order valence-electron chi connectivity index (χ1n) is 7.25. The fourth-order valence-electron chi connectivity index (χ4n) is 2.73. The van der Waals surface area contributed by atoms with E-state index in [4.69, 9.17) is 0 Å². The molecule has 1 saturated heterocycles. The van der Waals surface area contributed by atoms with Crippen LogP contribution in [0.4, 0.5) is 0 Å². The van der Waals surface area contributed by atoms with Crippen molar-refractivity contribution in [3.05, 3.63) is 18.2 Å². The lowest BCUT2D eigenvalue weighted by atomic mass is 9.97. The molecule has 2 heterocycles. The van der Waals surface area contributed by atoms with Gasteiger partial charge in [-0.15, -0.1) is 0 Å².